The lowest BCUT2D eigenvalue weighted by Gasteiger charge is -2.18. The van der Waals surface area contributed by atoms with Crippen LogP contribution in [0.2, 0.25) is 5.02 Å². The van der Waals surface area contributed by atoms with Crippen molar-refractivity contribution in [2.45, 2.75) is 12.6 Å². The Balaban J connectivity index is 1.73. The summed E-state index contributed by atoms with van der Waals surface area (Å²) in [6.45, 7) is -0.0547. The van der Waals surface area contributed by atoms with Gasteiger partial charge in [-0.05, 0) is 36.4 Å². The van der Waals surface area contributed by atoms with Crippen molar-refractivity contribution < 1.29 is 27.2 Å². The average Bonchev–Trinajstić information content (AvgIpc) is 2.99. The van der Waals surface area contributed by atoms with Crippen LogP contribution < -0.4 is 10.2 Å². The molecule has 0 unspecified atom stereocenters. The van der Waals surface area contributed by atoms with Gasteiger partial charge in [0.1, 0.15) is 5.82 Å². The average molecular weight is 401 g/mol. The zero-order valence-corrected chi connectivity index (χ0v) is 14.4. The predicted molar refractivity (Wildman–Crippen MR) is 91.9 cm³/mol. The largest absolute Gasteiger partial charge is 0.416 e. The quantitative estimate of drug-likeness (QED) is 0.772. The lowest BCUT2D eigenvalue weighted by atomic mass is 10.1. The van der Waals surface area contributed by atoms with E-state index in [2.05, 4.69) is 5.32 Å². The number of hydrogen-bond donors (Lipinski definition) is 1. The summed E-state index contributed by atoms with van der Waals surface area (Å²) in [7, 11) is 0. The highest BCUT2D eigenvalue weighted by Crippen LogP contribution is 2.33. The number of anilines is 2. The standard InChI is InChI=1S/C18H13ClF4N2O2/c19-14-8-12(4-5-15(14)20)24-17(27)10-6-16(26)25(9-10)13-3-1-2-11(7-13)18(21,22)23/h1-5,7-8,10H,6,9H2,(H,24,27)/t10-/m0/s1. The van der Waals surface area contributed by atoms with Crippen molar-refractivity contribution in [1.29, 1.82) is 0 Å². The van der Waals surface area contributed by atoms with Gasteiger partial charge in [0, 0.05) is 24.3 Å². The minimum absolute atomic E-state index is 0.0547. The van der Waals surface area contributed by atoms with Gasteiger partial charge < -0.3 is 10.2 Å². The number of alkyl halides is 3. The lowest BCUT2D eigenvalue weighted by Crippen LogP contribution is -2.28. The third-order valence-electron chi connectivity index (χ3n) is 4.17. The van der Waals surface area contributed by atoms with Gasteiger partial charge in [-0.2, -0.15) is 13.2 Å². The van der Waals surface area contributed by atoms with Gasteiger partial charge in [-0.1, -0.05) is 17.7 Å². The second-order valence-corrected chi connectivity index (χ2v) is 6.48. The molecular formula is C18H13ClF4N2O2. The van der Waals surface area contributed by atoms with Crippen LogP contribution in [0.4, 0.5) is 28.9 Å². The maximum absolute atomic E-state index is 13.2. The summed E-state index contributed by atoms with van der Waals surface area (Å²) >= 11 is 5.65. The molecule has 1 saturated heterocycles. The SMILES string of the molecule is O=C(Nc1ccc(F)c(Cl)c1)[C@H]1CC(=O)N(c2cccc(C(F)(F)F)c2)C1. The Hall–Kier alpha value is -2.61. The van der Waals surface area contributed by atoms with Crippen LogP contribution in [0, 0.1) is 11.7 Å². The summed E-state index contributed by atoms with van der Waals surface area (Å²) in [4.78, 5) is 25.7. The van der Waals surface area contributed by atoms with Crippen LogP contribution in [0.3, 0.4) is 0 Å². The Morgan fingerprint density at radius 3 is 2.59 bits per heavy atom. The van der Waals surface area contributed by atoms with Gasteiger partial charge >= 0.3 is 6.18 Å². The normalized spacial score (nSPS) is 17.3. The fraction of sp³-hybridized carbons (Fsp3) is 0.222. The minimum atomic E-state index is -4.53. The third-order valence-corrected chi connectivity index (χ3v) is 4.46. The highest BCUT2D eigenvalue weighted by atomic mass is 35.5. The molecule has 1 fully saturated rings. The monoisotopic (exact) mass is 400 g/mol. The van der Waals surface area contributed by atoms with Crippen molar-refractivity contribution in [1.82, 2.24) is 0 Å². The summed E-state index contributed by atoms with van der Waals surface area (Å²) < 4.78 is 51.7. The Morgan fingerprint density at radius 1 is 1.19 bits per heavy atom. The second kappa shape index (κ2) is 7.19. The predicted octanol–water partition coefficient (Wildman–Crippen LogP) is 4.49. The summed E-state index contributed by atoms with van der Waals surface area (Å²) in [6, 6.07) is 8.01. The number of nitrogens with one attached hydrogen (secondary N) is 1. The molecular weight excluding hydrogens is 388 g/mol. The van der Waals surface area contributed by atoms with Crippen LogP contribution in [0.5, 0.6) is 0 Å². The van der Waals surface area contributed by atoms with Gasteiger partial charge in [0.25, 0.3) is 0 Å². The molecule has 1 heterocycles. The molecule has 1 atom stereocenters. The number of halogens is 5. The molecule has 3 rings (SSSR count). The summed E-state index contributed by atoms with van der Waals surface area (Å²) in [6.07, 6.45) is -4.67. The van der Waals surface area contributed by atoms with Gasteiger partial charge in [0.2, 0.25) is 11.8 Å². The van der Waals surface area contributed by atoms with Crippen LogP contribution in [-0.2, 0) is 15.8 Å². The number of carbonyl (C=O) groups excluding carboxylic acids is 2. The van der Waals surface area contributed by atoms with E-state index in [1.165, 1.54) is 24.3 Å². The topological polar surface area (TPSA) is 49.4 Å². The molecule has 0 saturated carbocycles. The van der Waals surface area contributed by atoms with Gasteiger partial charge in [-0.25, -0.2) is 4.39 Å². The summed E-state index contributed by atoms with van der Waals surface area (Å²) in [5.41, 5.74) is -0.534. The zero-order valence-electron chi connectivity index (χ0n) is 13.7. The molecule has 2 amide bonds. The molecule has 0 aromatic heterocycles. The number of benzene rings is 2. The van der Waals surface area contributed by atoms with E-state index in [9.17, 15) is 27.2 Å². The van der Waals surface area contributed by atoms with E-state index < -0.39 is 35.3 Å². The smallest absolute Gasteiger partial charge is 0.326 e. The van der Waals surface area contributed by atoms with Crippen molar-refractivity contribution in [3.8, 4) is 0 Å². The first-order chi connectivity index (χ1) is 12.6. The number of hydrogen-bond acceptors (Lipinski definition) is 2. The molecule has 9 heteroatoms. The molecule has 2 aromatic rings. The minimum Gasteiger partial charge on any atom is -0.326 e. The van der Waals surface area contributed by atoms with E-state index in [4.69, 9.17) is 11.6 Å². The zero-order chi connectivity index (χ0) is 19.8. The number of amides is 2. The Kier molecular flexibility index (Phi) is 5.10. The van der Waals surface area contributed by atoms with Crippen LogP contribution in [0.25, 0.3) is 0 Å². The second-order valence-electron chi connectivity index (χ2n) is 6.07. The van der Waals surface area contributed by atoms with Gasteiger partial charge in [0.15, 0.2) is 0 Å². The van der Waals surface area contributed by atoms with Crippen molar-refractivity contribution >= 4 is 34.8 Å². The van der Waals surface area contributed by atoms with E-state index in [0.717, 1.165) is 23.1 Å². The Bertz CT molecular complexity index is 901. The van der Waals surface area contributed by atoms with Crippen LogP contribution in [-0.4, -0.2) is 18.4 Å². The van der Waals surface area contributed by atoms with Crippen LogP contribution >= 0.6 is 11.6 Å². The first-order valence-corrected chi connectivity index (χ1v) is 8.26. The fourth-order valence-corrected chi connectivity index (χ4v) is 2.98. The summed E-state index contributed by atoms with van der Waals surface area (Å²) in [5, 5.41) is 2.37. The molecule has 0 bridgehead atoms. The first-order valence-electron chi connectivity index (χ1n) is 7.88. The highest BCUT2D eigenvalue weighted by Gasteiger charge is 2.37. The van der Waals surface area contributed by atoms with E-state index >= 15 is 0 Å². The molecule has 0 spiro atoms. The van der Waals surface area contributed by atoms with Crippen molar-refractivity contribution in [2.24, 2.45) is 5.92 Å². The van der Waals surface area contributed by atoms with Crippen molar-refractivity contribution in [2.75, 3.05) is 16.8 Å². The van der Waals surface area contributed by atoms with Crippen molar-refractivity contribution in [3.05, 3.63) is 58.9 Å². The molecule has 2 aromatic carbocycles. The molecule has 1 aliphatic rings. The van der Waals surface area contributed by atoms with E-state index in [-0.39, 0.29) is 29.4 Å². The molecule has 1 N–H and O–H groups in total. The maximum atomic E-state index is 13.2. The van der Waals surface area contributed by atoms with E-state index in [1.54, 1.807) is 0 Å². The third kappa shape index (κ3) is 4.21. The van der Waals surface area contributed by atoms with Crippen molar-refractivity contribution in [3.63, 3.8) is 0 Å². The van der Waals surface area contributed by atoms with Crippen LogP contribution in [0.1, 0.15) is 12.0 Å². The number of rotatable bonds is 3. The highest BCUT2D eigenvalue weighted by molar-refractivity contribution is 6.31. The molecule has 142 valence electrons. The van der Waals surface area contributed by atoms with Gasteiger partial charge in [-0.15, -0.1) is 0 Å². The molecule has 27 heavy (non-hydrogen) atoms. The molecule has 0 aliphatic carbocycles. The fourth-order valence-electron chi connectivity index (χ4n) is 2.80. The number of nitrogens with zero attached hydrogens (tertiary/aromatic N) is 1. The van der Waals surface area contributed by atoms with Crippen LogP contribution in [0.15, 0.2) is 42.5 Å². The van der Waals surface area contributed by atoms with E-state index in [1.807, 2.05) is 0 Å². The molecule has 0 radical (unpaired) electrons. The van der Waals surface area contributed by atoms with E-state index in [0.29, 0.717) is 0 Å². The maximum Gasteiger partial charge on any atom is 0.416 e. The molecule has 4 nitrogen and oxygen atoms in total. The Labute approximate surface area is 156 Å². The Morgan fingerprint density at radius 2 is 1.93 bits per heavy atom. The molecule has 1 aliphatic heterocycles. The lowest BCUT2D eigenvalue weighted by molar-refractivity contribution is -0.137. The first kappa shape index (κ1) is 19.2. The summed E-state index contributed by atoms with van der Waals surface area (Å²) in [5.74, 6) is -2.34. The van der Waals surface area contributed by atoms with Gasteiger partial charge in [0.05, 0.1) is 16.5 Å². The van der Waals surface area contributed by atoms with Gasteiger partial charge in [-0.3, -0.25) is 9.59 Å². The number of carbonyl (C=O) groups is 2.